The summed E-state index contributed by atoms with van der Waals surface area (Å²) in [6.07, 6.45) is 0.213. The van der Waals surface area contributed by atoms with Gasteiger partial charge in [0.2, 0.25) is 0 Å². The van der Waals surface area contributed by atoms with Crippen molar-refractivity contribution in [3.63, 3.8) is 0 Å². The summed E-state index contributed by atoms with van der Waals surface area (Å²) in [7, 11) is 0. The van der Waals surface area contributed by atoms with Crippen LogP contribution >= 0.6 is 0 Å². The van der Waals surface area contributed by atoms with E-state index < -0.39 is 29.4 Å². The largest absolute Gasteiger partial charge is 0.444 e. The van der Waals surface area contributed by atoms with Crippen molar-refractivity contribution >= 4 is 6.09 Å². The fraction of sp³-hybridized carbons (Fsp3) is 0.419. The van der Waals surface area contributed by atoms with E-state index in [9.17, 15) is 13.6 Å². The van der Waals surface area contributed by atoms with Gasteiger partial charge in [0.25, 0.3) is 0 Å². The highest BCUT2D eigenvalue weighted by Gasteiger charge is 2.30. The first-order valence-electron chi connectivity index (χ1n) is 13.1. The molecule has 3 heterocycles. The fourth-order valence-corrected chi connectivity index (χ4v) is 4.58. The maximum Gasteiger partial charge on any atom is 0.411 e. The molecule has 1 aliphatic heterocycles. The van der Waals surface area contributed by atoms with E-state index in [1.165, 1.54) is 4.90 Å². The average molecular weight is 536 g/mol. The van der Waals surface area contributed by atoms with Gasteiger partial charge in [0.1, 0.15) is 17.5 Å². The van der Waals surface area contributed by atoms with E-state index in [1.54, 1.807) is 26.8 Å². The molecule has 0 N–H and O–H groups in total. The van der Waals surface area contributed by atoms with E-state index >= 15 is 0 Å². The van der Waals surface area contributed by atoms with E-state index in [4.69, 9.17) is 14.5 Å². The quantitative estimate of drug-likeness (QED) is 0.394. The van der Waals surface area contributed by atoms with Crippen molar-refractivity contribution < 1.29 is 23.0 Å². The molecule has 1 atom stereocenters. The van der Waals surface area contributed by atoms with Crippen molar-refractivity contribution in [1.82, 2.24) is 14.5 Å². The summed E-state index contributed by atoms with van der Waals surface area (Å²) in [5, 5.41) is 0. The smallest absolute Gasteiger partial charge is 0.411 e. The molecule has 206 valence electrons. The van der Waals surface area contributed by atoms with Gasteiger partial charge < -0.3 is 14.0 Å². The summed E-state index contributed by atoms with van der Waals surface area (Å²) in [5.74, 6) is 4.86. The number of benzene rings is 1. The third-order valence-corrected chi connectivity index (χ3v) is 6.40. The summed E-state index contributed by atoms with van der Waals surface area (Å²) in [6, 6.07) is 10.1. The number of pyridine rings is 1. The number of ether oxygens (including phenoxy) is 2. The number of nitrogens with zero attached hydrogens (tertiary/aromatic N) is 3. The molecule has 0 bridgehead atoms. The number of carbonyl (C=O) groups is 1. The molecule has 1 amide bonds. The van der Waals surface area contributed by atoms with Gasteiger partial charge >= 0.3 is 6.09 Å². The molecule has 6 nitrogen and oxygen atoms in total. The van der Waals surface area contributed by atoms with Crippen molar-refractivity contribution in [2.75, 3.05) is 19.8 Å². The molecule has 0 saturated carbocycles. The van der Waals surface area contributed by atoms with Crippen LogP contribution in [0.5, 0.6) is 0 Å². The molecule has 39 heavy (non-hydrogen) atoms. The molecule has 3 aromatic rings. The second-order valence-electron chi connectivity index (χ2n) is 10.9. The van der Waals surface area contributed by atoms with Crippen LogP contribution in [0, 0.1) is 44.2 Å². The lowest BCUT2D eigenvalue weighted by atomic mass is 10.0. The molecule has 0 spiro atoms. The first-order valence-corrected chi connectivity index (χ1v) is 13.1. The topological polar surface area (TPSA) is 56.6 Å². The number of amides is 1. The molecule has 2 aromatic heterocycles. The number of morpholine rings is 1. The Bertz CT molecular complexity index is 1410. The zero-order valence-corrected chi connectivity index (χ0v) is 23.4. The fourth-order valence-electron chi connectivity index (χ4n) is 4.58. The number of hydrogen-bond acceptors (Lipinski definition) is 4. The van der Waals surface area contributed by atoms with Crippen LogP contribution in [0.4, 0.5) is 13.6 Å². The number of carbonyl (C=O) groups excluding carboxylic acids is 1. The number of halogens is 2. The van der Waals surface area contributed by atoms with Crippen molar-refractivity contribution in [1.29, 1.82) is 0 Å². The summed E-state index contributed by atoms with van der Waals surface area (Å²) < 4.78 is 42.4. The van der Waals surface area contributed by atoms with Gasteiger partial charge in [0, 0.05) is 29.2 Å². The van der Waals surface area contributed by atoms with Crippen molar-refractivity contribution in [3.05, 3.63) is 81.8 Å². The standard InChI is InChI=1S/C31H35F2N3O3/c1-20-15-25(34-28(16-20)36-21(2)7-8-22(36)3)11-10-24-17-23(18-27(32)29(24)33)9-12-26-19-38-14-13-35(26)30(37)39-31(4,5)6/h7-8,15-18,26H,10-11,13-14,19H2,1-6H3. The van der Waals surface area contributed by atoms with Crippen LogP contribution < -0.4 is 0 Å². The first kappa shape index (κ1) is 28.3. The molecule has 1 saturated heterocycles. The summed E-state index contributed by atoms with van der Waals surface area (Å²) in [5.41, 5.74) is 3.89. The Balaban J connectivity index is 1.54. The van der Waals surface area contributed by atoms with Crippen molar-refractivity contribution in [2.45, 2.75) is 66.0 Å². The minimum absolute atomic E-state index is 0.213. The second kappa shape index (κ2) is 11.6. The van der Waals surface area contributed by atoms with Crippen LogP contribution in [-0.4, -0.2) is 51.9 Å². The third kappa shape index (κ3) is 7.04. The molecule has 1 fully saturated rings. The van der Waals surface area contributed by atoms with Crippen LogP contribution in [0.2, 0.25) is 0 Å². The van der Waals surface area contributed by atoms with E-state index in [1.807, 2.05) is 45.0 Å². The molecule has 1 aromatic carbocycles. The third-order valence-electron chi connectivity index (χ3n) is 6.40. The molecule has 8 heteroatoms. The van der Waals surface area contributed by atoms with Crippen LogP contribution in [0.15, 0.2) is 36.4 Å². The molecule has 1 aliphatic rings. The van der Waals surface area contributed by atoms with E-state index in [0.717, 1.165) is 34.5 Å². The Morgan fingerprint density at radius 1 is 1.10 bits per heavy atom. The second-order valence-corrected chi connectivity index (χ2v) is 10.9. The highest BCUT2D eigenvalue weighted by Crippen LogP contribution is 2.20. The number of aryl methyl sites for hydroxylation is 5. The van der Waals surface area contributed by atoms with E-state index in [-0.39, 0.29) is 18.6 Å². The number of hydrogen-bond donors (Lipinski definition) is 0. The van der Waals surface area contributed by atoms with Gasteiger partial charge in [-0.05, 0) is 102 Å². The van der Waals surface area contributed by atoms with Gasteiger partial charge in [-0.15, -0.1) is 0 Å². The lowest BCUT2D eigenvalue weighted by Gasteiger charge is -2.34. The normalized spacial score (nSPS) is 15.6. The summed E-state index contributed by atoms with van der Waals surface area (Å²) >= 11 is 0. The Hall–Kier alpha value is -3.70. The van der Waals surface area contributed by atoms with Gasteiger partial charge in [-0.25, -0.2) is 18.6 Å². The van der Waals surface area contributed by atoms with Gasteiger partial charge in [0.05, 0.1) is 13.2 Å². The SMILES string of the molecule is Cc1cc(CCc2cc(C#CC3COCCN3C(=O)OC(C)(C)C)cc(F)c2F)nc(-n2c(C)ccc2C)c1. The number of aromatic nitrogens is 2. The zero-order valence-electron chi connectivity index (χ0n) is 23.4. The molecule has 0 aliphatic carbocycles. The molecule has 1 unspecified atom stereocenters. The van der Waals surface area contributed by atoms with Crippen LogP contribution in [0.25, 0.3) is 5.82 Å². The zero-order chi connectivity index (χ0) is 28.3. The lowest BCUT2D eigenvalue weighted by molar-refractivity contribution is -0.0198. The van der Waals surface area contributed by atoms with Crippen LogP contribution in [0.3, 0.4) is 0 Å². The highest BCUT2D eigenvalue weighted by molar-refractivity contribution is 5.69. The monoisotopic (exact) mass is 535 g/mol. The minimum Gasteiger partial charge on any atom is -0.444 e. The first-order chi connectivity index (χ1) is 18.4. The molecule has 4 rings (SSSR count). The van der Waals surface area contributed by atoms with Crippen molar-refractivity contribution in [2.24, 2.45) is 0 Å². The Kier molecular flexibility index (Phi) is 8.41. The van der Waals surface area contributed by atoms with E-state index in [2.05, 4.69) is 16.4 Å². The molecular formula is C31H35F2N3O3. The highest BCUT2D eigenvalue weighted by atomic mass is 19.2. The predicted molar refractivity (Wildman–Crippen MR) is 146 cm³/mol. The van der Waals surface area contributed by atoms with Gasteiger partial charge in [-0.2, -0.15) is 0 Å². The maximum absolute atomic E-state index is 14.8. The maximum atomic E-state index is 14.8. The van der Waals surface area contributed by atoms with Crippen molar-refractivity contribution in [3.8, 4) is 17.7 Å². The van der Waals surface area contributed by atoms with Gasteiger partial charge in [0.15, 0.2) is 11.6 Å². The summed E-state index contributed by atoms with van der Waals surface area (Å²) in [6.45, 7) is 12.4. The Morgan fingerprint density at radius 2 is 1.82 bits per heavy atom. The van der Waals surface area contributed by atoms with Gasteiger partial charge in [-0.3, -0.25) is 4.90 Å². The van der Waals surface area contributed by atoms with E-state index in [0.29, 0.717) is 25.1 Å². The van der Waals surface area contributed by atoms with Gasteiger partial charge in [-0.1, -0.05) is 11.8 Å². The number of rotatable bonds is 4. The lowest BCUT2D eigenvalue weighted by Crippen LogP contribution is -2.49. The molecule has 0 radical (unpaired) electrons. The average Bonchev–Trinajstić information content (AvgIpc) is 3.20. The molecular weight excluding hydrogens is 500 g/mol. The predicted octanol–water partition coefficient (Wildman–Crippen LogP) is 5.85. The minimum atomic E-state index is -0.961. The Labute approximate surface area is 228 Å². The van der Waals surface area contributed by atoms with Crippen LogP contribution in [0.1, 0.15) is 54.5 Å². The Morgan fingerprint density at radius 3 is 2.51 bits per heavy atom. The summed E-state index contributed by atoms with van der Waals surface area (Å²) in [4.78, 5) is 18.9. The van der Waals surface area contributed by atoms with Crippen LogP contribution in [-0.2, 0) is 22.3 Å².